The largest absolute Gasteiger partial charge is 0.299 e. The van der Waals surface area contributed by atoms with Crippen molar-refractivity contribution >= 4 is 9.84 Å². The predicted molar refractivity (Wildman–Crippen MR) is 63.7 cm³/mol. The topological polar surface area (TPSA) is 61.2 Å². The highest BCUT2D eigenvalue weighted by Crippen LogP contribution is 2.21. The number of hydrogen-bond donors (Lipinski definition) is 0. The van der Waals surface area contributed by atoms with Crippen molar-refractivity contribution in [2.24, 2.45) is 5.41 Å². The molecule has 4 nitrogen and oxygen atoms in total. The molecule has 0 aromatic rings. The maximum Gasteiger partial charge on any atom is 0.153 e. The molecule has 5 heteroatoms. The smallest absolute Gasteiger partial charge is 0.153 e. The zero-order valence-corrected chi connectivity index (χ0v) is 11.0. The zero-order valence-electron chi connectivity index (χ0n) is 10.2. The van der Waals surface area contributed by atoms with Crippen molar-refractivity contribution in [3.05, 3.63) is 0 Å². The summed E-state index contributed by atoms with van der Waals surface area (Å²) in [4.78, 5) is 2.17. The summed E-state index contributed by atoms with van der Waals surface area (Å²) >= 11 is 0. The van der Waals surface area contributed by atoms with Crippen LogP contribution >= 0.6 is 0 Å². The monoisotopic (exact) mass is 244 g/mol. The summed E-state index contributed by atoms with van der Waals surface area (Å²) in [5, 5.41) is 8.91. The normalized spacial score (nSPS) is 26.2. The molecule has 92 valence electrons. The van der Waals surface area contributed by atoms with Crippen LogP contribution in [0.3, 0.4) is 0 Å². The Hall–Kier alpha value is -0.600. The highest BCUT2D eigenvalue weighted by atomic mass is 32.2. The minimum atomic E-state index is -2.83. The molecule has 0 N–H and O–H groups in total. The molecule has 16 heavy (non-hydrogen) atoms. The van der Waals surface area contributed by atoms with Crippen molar-refractivity contribution in [3.8, 4) is 6.07 Å². The van der Waals surface area contributed by atoms with Gasteiger partial charge in [-0.25, -0.2) is 8.42 Å². The Balaban J connectivity index is 2.50. The van der Waals surface area contributed by atoms with E-state index in [-0.39, 0.29) is 23.0 Å². The van der Waals surface area contributed by atoms with Crippen LogP contribution < -0.4 is 0 Å². The van der Waals surface area contributed by atoms with Crippen LogP contribution in [-0.2, 0) is 9.84 Å². The lowest BCUT2D eigenvalue weighted by atomic mass is 9.91. The summed E-state index contributed by atoms with van der Waals surface area (Å²) in [5.41, 5.74) is -0.323. The highest BCUT2D eigenvalue weighted by Gasteiger charge is 2.29. The molecule has 1 heterocycles. The maximum atomic E-state index is 11.4. The fourth-order valence-corrected chi connectivity index (χ4v) is 3.47. The SMILES string of the molecule is CC1CS(=O)(=O)CCN1CCC(C)(C)C#N. The lowest BCUT2D eigenvalue weighted by molar-refractivity contribution is 0.203. The molecular formula is C11H20N2O2S. The van der Waals surface area contributed by atoms with E-state index in [1.807, 2.05) is 20.8 Å². The van der Waals surface area contributed by atoms with Gasteiger partial charge >= 0.3 is 0 Å². The third kappa shape index (κ3) is 3.76. The van der Waals surface area contributed by atoms with Crippen molar-refractivity contribution in [1.29, 1.82) is 5.26 Å². The molecule has 0 radical (unpaired) electrons. The number of rotatable bonds is 3. The van der Waals surface area contributed by atoms with Crippen molar-refractivity contribution in [3.63, 3.8) is 0 Å². The van der Waals surface area contributed by atoms with Gasteiger partial charge in [-0.1, -0.05) is 0 Å². The second-order valence-corrected chi connectivity index (χ2v) is 7.47. The van der Waals surface area contributed by atoms with E-state index in [0.29, 0.717) is 6.54 Å². The van der Waals surface area contributed by atoms with Crippen LogP contribution in [0.5, 0.6) is 0 Å². The van der Waals surface area contributed by atoms with E-state index < -0.39 is 9.84 Å². The molecule has 1 aliphatic heterocycles. The number of nitriles is 1. The predicted octanol–water partition coefficient (Wildman–Crippen LogP) is 1.05. The van der Waals surface area contributed by atoms with Gasteiger partial charge in [0.05, 0.1) is 23.0 Å². The quantitative estimate of drug-likeness (QED) is 0.744. The second-order valence-electron chi connectivity index (χ2n) is 5.25. The molecule has 0 amide bonds. The molecule has 0 aromatic carbocycles. The molecule has 1 fully saturated rings. The number of hydrogen-bond acceptors (Lipinski definition) is 4. The Morgan fingerprint density at radius 1 is 1.50 bits per heavy atom. The van der Waals surface area contributed by atoms with Crippen molar-refractivity contribution < 1.29 is 8.42 Å². The molecule has 0 spiro atoms. The van der Waals surface area contributed by atoms with Gasteiger partial charge in [0, 0.05) is 12.6 Å². The Kier molecular flexibility index (Phi) is 3.97. The van der Waals surface area contributed by atoms with Gasteiger partial charge in [-0.3, -0.25) is 4.90 Å². The first-order valence-corrected chi connectivity index (χ1v) is 7.44. The van der Waals surface area contributed by atoms with Crippen LogP contribution in [0.25, 0.3) is 0 Å². The van der Waals surface area contributed by atoms with Crippen LogP contribution in [0.1, 0.15) is 27.2 Å². The maximum absolute atomic E-state index is 11.4. The third-order valence-corrected chi connectivity index (χ3v) is 4.93. The molecule has 0 bridgehead atoms. The van der Waals surface area contributed by atoms with Gasteiger partial charge in [0.1, 0.15) is 0 Å². The lowest BCUT2D eigenvalue weighted by Gasteiger charge is -2.34. The minimum absolute atomic E-state index is 0.0771. The van der Waals surface area contributed by atoms with E-state index in [4.69, 9.17) is 5.26 Å². The molecular weight excluding hydrogens is 224 g/mol. The Labute approximate surface area is 98.2 Å². The molecule has 1 atom stereocenters. The van der Waals surface area contributed by atoms with Crippen molar-refractivity contribution in [2.45, 2.75) is 33.2 Å². The van der Waals surface area contributed by atoms with Crippen molar-refractivity contribution in [2.75, 3.05) is 24.6 Å². The molecule has 1 saturated heterocycles. The van der Waals surface area contributed by atoms with Crippen LogP contribution in [-0.4, -0.2) is 44.0 Å². The van der Waals surface area contributed by atoms with E-state index in [1.165, 1.54) is 0 Å². The van der Waals surface area contributed by atoms with Gasteiger partial charge in [-0.2, -0.15) is 5.26 Å². The summed E-state index contributed by atoms with van der Waals surface area (Å²) in [6.07, 6.45) is 0.786. The van der Waals surface area contributed by atoms with Crippen LogP contribution in [0, 0.1) is 16.7 Å². The fourth-order valence-electron chi connectivity index (χ4n) is 1.84. The van der Waals surface area contributed by atoms with Gasteiger partial charge in [0.15, 0.2) is 9.84 Å². The third-order valence-electron chi connectivity index (χ3n) is 3.13. The number of nitrogens with zero attached hydrogens (tertiary/aromatic N) is 2. The van der Waals surface area contributed by atoms with Gasteiger partial charge in [0.25, 0.3) is 0 Å². The average Bonchev–Trinajstić information content (AvgIpc) is 2.15. The first kappa shape index (κ1) is 13.5. The summed E-state index contributed by atoms with van der Waals surface area (Å²) in [6, 6.07) is 2.34. The van der Waals surface area contributed by atoms with Gasteiger partial charge in [0.2, 0.25) is 0 Å². The first-order chi connectivity index (χ1) is 7.26. The summed E-state index contributed by atoms with van der Waals surface area (Å²) in [7, 11) is -2.83. The highest BCUT2D eigenvalue weighted by molar-refractivity contribution is 7.91. The summed E-state index contributed by atoms with van der Waals surface area (Å²) < 4.78 is 22.8. The molecule has 0 aromatic heterocycles. The molecule has 1 unspecified atom stereocenters. The lowest BCUT2D eigenvalue weighted by Crippen LogP contribution is -2.47. The van der Waals surface area contributed by atoms with E-state index in [1.54, 1.807) is 0 Å². The summed E-state index contributed by atoms with van der Waals surface area (Å²) in [5.74, 6) is 0.504. The first-order valence-electron chi connectivity index (χ1n) is 5.61. The minimum Gasteiger partial charge on any atom is -0.299 e. The second kappa shape index (κ2) is 4.72. The van der Waals surface area contributed by atoms with E-state index >= 15 is 0 Å². The molecule has 0 aliphatic carbocycles. The average molecular weight is 244 g/mol. The Bertz CT molecular complexity index is 381. The molecule has 1 rings (SSSR count). The Morgan fingerprint density at radius 2 is 2.12 bits per heavy atom. The van der Waals surface area contributed by atoms with Crippen LogP contribution in [0.2, 0.25) is 0 Å². The number of sulfone groups is 1. The standard InChI is InChI=1S/C11H20N2O2S/c1-10-8-16(14,15)7-6-13(10)5-4-11(2,3)9-12/h10H,4-8H2,1-3H3. The molecule has 1 aliphatic rings. The van der Waals surface area contributed by atoms with Crippen LogP contribution in [0.15, 0.2) is 0 Å². The van der Waals surface area contributed by atoms with Gasteiger partial charge in [-0.15, -0.1) is 0 Å². The molecule has 0 saturated carbocycles. The van der Waals surface area contributed by atoms with Crippen molar-refractivity contribution in [1.82, 2.24) is 4.90 Å². The van der Waals surface area contributed by atoms with Gasteiger partial charge < -0.3 is 0 Å². The van der Waals surface area contributed by atoms with E-state index in [9.17, 15) is 8.42 Å². The fraction of sp³-hybridized carbons (Fsp3) is 0.909. The van der Waals surface area contributed by atoms with Gasteiger partial charge in [-0.05, 0) is 33.7 Å². The Morgan fingerprint density at radius 3 is 2.62 bits per heavy atom. The summed E-state index contributed by atoms with van der Waals surface area (Å²) in [6.45, 7) is 7.18. The van der Waals surface area contributed by atoms with E-state index in [2.05, 4.69) is 11.0 Å². The van der Waals surface area contributed by atoms with E-state index in [0.717, 1.165) is 13.0 Å². The van der Waals surface area contributed by atoms with Crippen LogP contribution in [0.4, 0.5) is 0 Å². The zero-order chi connectivity index (χ0) is 12.4.